The van der Waals surface area contributed by atoms with Gasteiger partial charge in [0.15, 0.2) is 0 Å². The van der Waals surface area contributed by atoms with E-state index in [1.807, 2.05) is 0 Å². The largest absolute Gasteiger partial charge is 0.345 e. The number of fused-ring (bicyclic) bond motifs is 1. The summed E-state index contributed by atoms with van der Waals surface area (Å²) < 4.78 is 39.0. The van der Waals surface area contributed by atoms with E-state index in [9.17, 15) is 12.8 Å². The standard InChI is InChI=1S/C15H14FN3O2S/c1-19(13-6-7-14-15(8-13)18-10-17-14)22(20,21)9-11-2-4-12(16)5-3-11/h2-8,10H,9H2,1H3,(H,17,18). The van der Waals surface area contributed by atoms with E-state index in [0.717, 1.165) is 11.0 Å². The van der Waals surface area contributed by atoms with E-state index in [-0.39, 0.29) is 11.6 Å². The highest BCUT2D eigenvalue weighted by atomic mass is 32.2. The summed E-state index contributed by atoms with van der Waals surface area (Å²) in [6.07, 6.45) is 1.56. The zero-order valence-electron chi connectivity index (χ0n) is 11.8. The molecular weight excluding hydrogens is 305 g/mol. The van der Waals surface area contributed by atoms with Gasteiger partial charge in [-0.25, -0.2) is 17.8 Å². The van der Waals surface area contributed by atoms with Crippen LogP contribution in [-0.4, -0.2) is 25.4 Å². The Morgan fingerprint density at radius 1 is 1.18 bits per heavy atom. The van der Waals surface area contributed by atoms with Crippen molar-refractivity contribution in [2.45, 2.75) is 5.75 Å². The molecule has 7 heteroatoms. The second-order valence-electron chi connectivity index (χ2n) is 4.95. The zero-order chi connectivity index (χ0) is 15.7. The van der Waals surface area contributed by atoms with Crippen LogP contribution in [0.2, 0.25) is 0 Å². The molecule has 0 aliphatic carbocycles. The van der Waals surface area contributed by atoms with Crippen molar-refractivity contribution in [1.82, 2.24) is 9.97 Å². The molecular formula is C15H14FN3O2S. The number of halogens is 1. The van der Waals surface area contributed by atoms with E-state index >= 15 is 0 Å². The minimum absolute atomic E-state index is 0.190. The number of nitrogens with zero attached hydrogens (tertiary/aromatic N) is 2. The molecule has 0 unspecified atom stereocenters. The van der Waals surface area contributed by atoms with Gasteiger partial charge in [0.1, 0.15) is 5.82 Å². The van der Waals surface area contributed by atoms with Crippen molar-refractivity contribution < 1.29 is 12.8 Å². The van der Waals surface area contributed by atoms with Crippen LogP contribution in [0.1, 0.15) is 5.56 Å². The highest BCUT2D eigenvalue weighted by molar-refractivity contribution is 7.92. The lowest BCUT2D eigenvalue weighted by Crippen LogP contribution is -2.27. The molecule has 114 valence electrons. The first-order valence-electron chi connectivity index (χ1n) is 6.60. The van der Waals surface area contributed by atoms with Gasteiger partial charge >= 0.3 is 0 Å². The van der Waals surface area contributed by atoms with Crippen LogP contribution in [0, 0.1) is 5.82 Å². The molecule has 0 bridgehead atoms. The molecule has 0 fully saturated rings. The van der Waals surface area contributed by atoms with E-state index < -0.39 is 10.0 Å². The number of hydrogen-bond acceptors (Lipinski definition) is 3. The molecule has 1 aromatic heterocycles. The van der Waals surface area contributed by atoms with Crippen LogP contribution < -0.4 is 4.31 Å². The van der Waals surface area contributed by atoms with E-state index in [1.165, 1.54) is 35.6 Å². The van der Waals surface area contributed by atoms with Crippen LogP contribution >= 0.6 is 0 Å². The number of nitrogens with one attached hydrogen (secondary N) is 1. The van der Waals surface area contributed by atoms with Crippen LogP contribution in [0.3, 0.4) is 0 Å². The lowest BCUT2D eigenvalue weighted by Gasteiger charge is -2.19. The first kappa shape index (κ1) is 14.5. The summed E-state index contributed by atoms with van der Waals surface area (Å²) in [5.41, 5.74) is 2.61. The van der Waals surface area contributed by atoms with Gasteiger partial charge in [-0.2, -0.15) is 0 Å². The highest BCUT2D eigenvalue weighted by Crippen LogP contribution is 2.22. The van der Waals surface area contributed by atoms with Gasteiger partial charge in [-0.3, -0.25) is 4.31 Å². The fourth-order valence-corrected chi connectivity index (χ4v) is 3.41. The van der Waals surface area contributed by atoms with Gasteiger partial charge < -0.3 is 4.98 Å². The van der Waals surface area contributed by atoms with Gasteiger partial charge in [0.2, 0.25) is 10.0 Å². The summed E-state index contributed by atoms with van der Waals surface area (Å²) in [5.74, 6) is -0.579. The van der Waals surface area contributed by atoms with Crippen molar-refractivity contribution in [3.63, 3.8) is 0 Å². The third-order valence-corrected chi connectivity index (χ3v) is 5.19. The molecule has 22 heavy (non-hydrogen) atoms. The number of rotatable bonds is 4. The second-order valence-corrected chi connectivity index (χ2v) is 6.95. The van der Waals surface area contributed by atoms with Crippen molar-refractivity contribution in [2.24, 2.45) is 0 Å². The smallest absolute Gasteiger partial charge is 0.239 e. The summed E-state index contributed by atoms with van der Waals surface area (Å²) in [6.45, 7) is 0. The molecule has 0 atom stereocenters. The highest BCUT2D eigenvalue weighted by Gasteiger charge is 2.19. The molecule has 0 aliphatic heterocycles. The van der Waals surface area contributed by atoms with Crippen molar-refractivity contribution in [1.29, 1.82) is 0 Å². The maximum absolute atomic E-state index is 12.9. The van der Waals surface area contributed by atoms with Gasteiger partial charge in [0, 0.05) is 7.05 Å². The molecule has 1 heterocycles. The third-order valence-electron chi connectivity index (χ3n) is 3.45. The first-order valence-corrected chi connectivity index (χ1v) is 8.21. The van der Waals surface area contributed by atoms with Crippen molar-refractivity contribution in [3.8, 4) is 0 Å². The molecule has 5 nitrogen and oxygen atoms in total. The number of aromatic nitrogens is 2. The number of imidazole rings is 1. The number of hydrogen-bond donors (Lipinski definition) is 1. The van der Waals surface area contributed by atoms with Gasteiger partial charge in [0.25, 0.3) is 0 Å². The zero-order valence-corrected chi connectivity index (χ0v) is 12.6. The first-order chi connectivity index (χ1) is 10.5. The fourth-order valence-electron chi connectivity index (χ4n) is 2.17. The Balaban J connectivity index is 1.88. The Morgan fingerprint density at radius 3 is 2.64 bits per heavy atom. The Kier molecular flexibility index (Phi) is 3.58. The summed E-state index contributed by atoms with van der Waals surface area (Å²) in [5, 5.41) is 0. The second kappa shape index (κ2) is 5.42. The molecule has 0 saturated heterocycles. The maximum atomic E-state index is 12.9. The monoisotopic (exact) mass is 319 g/mol. The van der Waals surface area contributed by atoms with Crippen LogP contribution in [-0.2, 0) is 15.8 Å². The number of benzene rings is 2. The van der Waals surface area contributed by atoms with Gasteiger partial charge in [-0.15, -0.1) is 0 Å². The predicted molar refractivity (Wildman–Crippen MR) is 83.5 cm³/mol. The Hall–Kier alpha value is -2.41. The molecule has 1 N–H and O–H groups in total. The lowest BCUT2D eigenvalue weighted by atomic mass is 10.2. The third kappa shape index (κ3) is 2.80. The SMILES string of the molecule is CN(c1ccc2nc[nH]c2c1)S(=O)(=O)Cc1ccc(F)cc1. The molecule has 0 spiro atoms. The maximum Gasteiger partial charge on any atom is 0.239 e. The number of anilines is 1. The van der Waals surface area contributed by atoms with Gasteiger partial charge in [-0.1, -0.05) is 12.1 Å². The molecule has 3 aromatic rings. The van der Waals surface area contributed by atoms with Crippen molar-refractivity contribution in [3.05, 3.63) is 60.2 Å². The van der Waals surface area contributed by atoms with E-state index in [2.05, 4.69) is 9.97 Å². The lowest BCUT2D eigenvalue weighted by molar-refractivity contribution is 0.593. The van der Waals surface area contributed by atoms with E-state index in [4.69, 9.17) is 0 Å². The molecule has 0 amide bonds. The van der Waals surface area contributed by atoms with E-state index in [0.29, 0.717) is 11.3 Å². The average Bonchev–Trinajstić information content (AvgIpc) is 2.96. The van der Waals surface area contributed by atoms with Crippen molar-refractivity contribution >= 4 is 26.7 Å². The summed E-state index contributed by atoms with van der Waals surface area (Å²) in [7, 11) is -2.06. The van der Waals surface area contributed by atoms with Crippen LogP contribution in [0.4, 0.5) is 10.1 Å². The quantitative estimate of drug-likeness (QED) is 0.804. The molecule has 0 aliphatic rings. The molecule has 0 saturated carbocycles. The minimum Gasteiger partial charge on any atom is -0.345 e. The summed E-state index contributed by atoms with van der Waals surface area (Å²) in [4.78, 5) is 7.05. The average molecular weight is 319 g/mol. The number of H-pyrrole nitrogens is 1. The predicted octanol–water partition coefficient (Wildman–Crippen LogP) is 2.67. The minimum atomic E-state index is -3.55. The van der Waals surface area contributed by atoms with Crippen LogP contribution in [0.15, 0.2) is 48.8 Å². The van der Waals surface area contributed by atoms with E-state index in [1.54, 1.807) is 24.5 Å². The van der Waals surface area contributed by atoms with Crippen LogP contribution in [0.5, 0.6) is 0 Å². The van der Waals surface area contributed by atoms with Crippen LogP contribution in [0.25, 0.3) is 11.0 Å². The summed E-state index contributed by atoms with van der Waals surface area (Å²) >= 11 is 0. The normalized spacial score (nSPS) is 11.7. The van der Waals surface area contributed by atoms with Gasteiger partial charge in [0.05, 0.1) is 28.8 Å². The van der Waals surface area contributed by atoms with Crippen molar-refractivity contribution in [2.75, 3.05) is 11.4 Å². The fraction of sp³-hybridized carbons (Fsp3) is 0.133. The Morgan fingerprint density at radius 2 is 1.91 bits per heavy atom. The number of aromatic amines is 1. The Labute approximate surface area is 127 Å². The van der Waals surface area contributed by atoms with Gasteiger partial charge in [-0.05, 0) is 35.9 Å². The molecule has 0 radical (unpaired) electrons. The topological polar surface area (TPSA) is 66.1 Å². The molecule has 2 aromatic carbocycles. The molecule has 3 rings (SSSR count). The Bertz CT molecular complexity index is 904. The number of sulfonamides is 1. The summed E-state index contributed by atoms with van der Waals surface area (Å²) in [6, 6.07) is 10.6.